The smallest absolute Gasteiger partial charge is 0.256 e. The van der Waals surface area contributed by atoms with Gasteiger partial charge >= 0.3 is 0 Å². The Morgan fingerprint density at radius 2 is 1.85 bits per heavy atom. The van der Waals surface area contributed by atoms with Crippen molar-refractivity contribution >= 4 is 16.8 Å². The van der Waals surface area contributed by atoms with Crippen molar-refractivity contribution in [3.05, 3.63) is 59.8 Å². The van der Waals surface area contributed by atoms with E-state index in [-0.39, 0.29) is 17.7 Å². The van der Waals surface area contributed by atoms with E-state index in [2.05, 4.69) is 22.1 Å². The number of ether oxygens (including phenoxy) is 2. The van der Waals surface area contributed by atoms with Gasteiger partial charge < -0.3 is 23.8 Å². The molecule has 3 aliphatic rings. The number of piperidine rings is 1. The molecule has 214 valence electrons. The van der Waals surface area contributed by atoms with E-state index in [1.807, 2.05) is 30.8 Å². The third-order valence-electron chi connectivity index (χ3n) is 9.41. The van der Waals surface area contributed by atoms with Gasteiger partial charge in [-0.05, 0) is 94.3 Å². The number of amides is 1. The number of hydrogen-bond donors (Lipinski definition) is 0. The van der Waals surface area contributed by atoms with Gasteiger partial charge in [-0.15, -0.1) is 0 Å². The van der Waals surface area contributed by atoms with Crippen molar-refractivity contribution in [3.63, 3.8) is 0 Å². The molecule has 3 aromatic rings. The highest BCUT2D eigenvalue weighted by atomic mass is 19.1. The lowest BCUT2D eigenvalue weighted by Gasteiger charge is -2.39. The molecule has 1 amide bonds. The summed E-state index contributed by atoms with van der Waals surface area (Å²) in [6, 6.07) is 6.58. The second-order valence-corrected chi connectivity index (χ2v) is 12.1. The van der Waals surface area contributed by atoms with Crippen molar-refractivity contribution in [2.24, 2.45) is 5.92 Å². The summed E-state index contributed by atoms with van der Waals surface area (Å²) >= 11 is 0. The fraction of sp³-hybridized carbons (Fsp3) is 0.562. The van der Waals surface area contributed by atoms with Crippen molar-refractivity contribution in [2.45, 2.75) is 70.1 Å². The molecule has 1 spiro atoms. The summed E-state index contributed by atoms with van der Waals surface area (Å²) in [5.41, 5.74) is 3.28. The zero-order valence-corrected chi connectivity index (χ0v) is 23.9. The van der Waals surface area contributed by atoms with Crippen LogP contribution in [0.4, 0.5) is 4.39 Å². The number of aromatic nitrogens is 2. The number of pyridine rings is 1. The summed E-state index contributed by atoms with van der Waals surface area (Å²) < 4.78 is 28.2. The van der Waals surface area contributed by atoms with Crippen LogP contribution < -0.4 is 0 Å². The van der Waals surface area contributed by atoms with Gasteiger partial charge in [0.15, 0.2) is 5.79 Å². The maximum atomic E-state index is 14.4. The van der Waals surface area contributed by atoms with Gasteiger partial charge in [-0.1, -0.05) is 0 Å². The first-order valence-electron chi connectivity index (χ1n) is 14.9. The number of carbonyl (C=O) groups is 1. The maximum absolute atomic E-state index is 14.4. The number of benzene rings is 1. The average molecular weight is 549 g/mol. The zero-order valence-electron chi connectivity index (χ0n) is 23.9. The summed E-state index contributed by atoms with van der Waals surface area (Å²) in [6.45, 7) is 8.70. The number of fused-ring (bicyclic) bond motifs is 1. The zero-order chi connectivity index (χ0) is 27.9. The van der Waals surface area contributed by atoms with Gasteiger partial charge in [0.2, 0.25) is 0 Å². The molecule has 6 rings (SSSR count). The van der Waals surface area contributed by atoms with Crippen LogP contribution in [0, 0.1) is 11.7 Å². The second kappa shape index (κ2) is 11.2. The average Bonchev–Trinajstić information content (AvgIpc) is 3.59. The van der Waals surface area contributed by atoms with Crippen LogP contribution in [0.25, 0.3) is 16.6 Å². The van der Waals surface area contributed by atoms with Crippen LogP contribution in [0.5, 0.6) is 0 Å². The molecule has 0 unspecified atom stereocenters. The lowest BCUT2D eigenvalue weighted by molar-refractivity contribution is -0.183. The van der Waals surface area contributed by atoms with E-state index in [9.17, 15) is 9.18 Å². The minimum Gasteiger partial charge on any atom is -0.348 e. The van der Waals surface area contributed by atoms with Crippen LogP contribution in [-0.4, -0.2) is 77.0 Å². The van der Waals surface area contributed by atoms with Crippen LogP contribution in [0.2, 0.25) is 0 Å². The van der Waals surface area contributed by atoms with Crippen LogP contribution >= 0.6 is 0 Å². The summed E-state index contributed by atoms with van der Waals surface area (Å²) in [7, 11) is 1.76. The predicted molar refractivity (Wildman–Crippen MR) is 153 cm³/mol. The third kappa shape index (κ3) is 5.29. The number of carbonyl (C=O) groups excluding carboxylic acids is 1. The first-order valence-corrected chi connectivity index (χ1v) is 14.9. The highest BCUT2D eigenvalue weighted by molar-refractivity contribution is 5.99. The molecule has 0 N–H and O–H groups in total. The molecule has 2 aromatic heterocycles. The lowest BCUT2D eigenvalue weighted by atomic mass is 9.83. The molecule has 8 heteroatoms. The second-order valence-electron chi connectivity index (χ2n) is 12.1. The van der Waals surface area contributed by atoms with Gasteiger partial charge in [0.25, 0.3) is 5.91 Å². The minimum atomic E-state index is -0.414. The van der Waals surface area contributed by atoms with Gasteiger partial charge in [-0.2, -0.15) is 0 Å². The molecule has 40 heavy (non-hydrogen) atoms. The summed E-state index contributed by atoms with van der Waals surface area (Å²) in [5, 5.41) is 1.16. The van der Waals surface area contributed by atoms with Crippen LogP contribution in [0.3, 0.4) is 0 Å². The first kappa shape index (κ1) is 27.4. The van der Waals surface area contributed by atoms with E-state index in [1.165, 1.54) is 30.5 Å². The van der Waals surface area contributed by atoms with Gasteiger partial charge in [0, 0.05) is 50.3 Å². The Balaban J connectivity index is 1.19. The number of nitrogens with zero attached hydrogens (tertiary/aromatic N) is 4. The quantitative estimate of drug-likeness (QED) is 0.392. The standard InChI is InChI=1S/C32H41FN4O3/c1-22(2)35(3)31(38)27-18-25(33)4-5-29(27)37-21-28(26-8-13-34-19-30(26)37)24-9-14-36(15-10-24)20-23-6-11-32(12-7-23)39-16-17-40-32/h4-5,8,13,18-19,21-24H,6-7,9-12,14-17,20H2,1-3H3. The summed E-state index contributed by atoms with van der Waals surface area (Å²) in [6.07, 6.45) is 12.4. The van der Waals surface area contributed by atoms with Crippen molar-refractivity contribution in [2.75, 3.05) is 39.9 Å². The minimum absolute atomic E-state index is 0.00605. The molecule has 0 radical (unpaired) electrons. The highest BCUT2D eigenvalue weighted by Crippen LogP contribution is 2.40. The maximum Gasteiger partial charge on any atom is 0.256 e. The fourth-order valence-corrected chi connectivity index (χ4v) is 6.82. The summed E-state index contributed by atoms with van der Waals surface area (Å²) in [4.78, 5) is 22.0. The fourth-order valence-electron chi connectivity index (χ4n) is 6.82. The molecule has 3 fully saturated rings. The third-order valence-corrected chi connectivity index (χ3v) is 9.41. The van der Waals surface area contributed by atoms with Crippen LogP contribution in [-0.2, 0) is 9.47 Å². The van der Waals surface area contributed by atoms with Crippen LogP contribution in [0.1, 0.15) is 74.2 Å². The first-order chi connectivity index (χ1) is 19.3. The van der Waals surface area contributed by atoms with Gasteiger partial charge in [-0.3, -0.25) is 9.78 Å². The molecule has 7 nitrogen and oxygen atoms in total. The van der Waals surface area contributed by atoms with Crippen molar-refractivity contribution in [1.29, 1.82) is 0 Å². The van der Waals surface area contributed by atoms with E-state index < -0.39 is 5.82 Å². The van der Waals surface area contributed by atoms with Gasteiger partial charge in [-0.25, -0.2) is 4.39 Å². The van der Waals surface area contributed by atoms with Crippen molar-refractivity contribution < 1.29 is 18.7 Å². The number of halogens is 1. The topological polar surface area (TPSA) is 59.8 Å². The highest BCUT2D eigenvalue weighted by Gasteiger charge is 2.40. The molecule has 0 atom stereocenters. The molecular formula is C32H41FN4O3. The molecule has 2 aliphatic heterocycles. The number of likely N-dealkylation sites (tertiary alicyclic amines) is 1. The Morgan fingerprint density at radius 1 is 1.12 bits per heavy atom. The molecule has 2 saturated heterocycles. The molecule has 0 bridgehead atoms. The molecule has 1 aliphatic carbocycles. The Morgan fingerprint density at radius 3 is 2.55 bits per heavy atom. The molecular weight excluding hydrogens is 507 g/mol. The van der Waals surface area contributed by atoms with Crippen molar-refractivity contribution in [3.8, 4) is 5.69 Å². The Labute approximate surface area is 236 Å². The number of rotatable bonds is 6. The number of hydrogen-bond acceptors (Lipinski definition) is 5. The van der Waals surface area contributed by atoms with Gasteiger partial charge in [0.05, 0.1) is 36.2 Å². The Bertz CT molecular complexity index is 1350. The largest absolute Gasteiger partial charge is 0.348 e. The Hall–Kier alpha value is -2.81. The Kier molecular flexibility index (Phi) is 7.68. The van der Waals surface area contributed by atoms with E-state index in [4.69, 9.17) is 9.47 Å². The van der Waals surface area contributed by atoms with Crippen molar-refractivity contribution in [1.82, 2.24) is 19.4 Å². The summed E-state index contributed by atoms with van der Waals surface area (Å²) in [5.74, 6) is 0.246. The van der Waals surface area contributed by atoms with Gasteiger partial charge in [0.1, 0.15) is 5.82 Å². The van der Waals surface area contributed by atoms with E-state index in [0.29, 0.717) is 23.1 Å². The van der Waals surface area contributed by atoms with Crippen LogP contribution in [0.15, 0.2) is 42.9 Å². The lowest BCUT2D eigenvalue weighted by Crippen LogP contribution is -2.41. The van der Waals surface area contributed by atoms with E-state index in [1.54, 1.807) is 18.0 Å². The molecule has 1 saturated carbocycles. The molecule has 4 heterocycles. The normalized spacial score (nSPS) is 20.6. The monoisotopic (exact) mass is 548 g/mol. The SMILES string of the molecule is CC(C)N(C)C(=O)c1cc(F)ccc1-n1cc(C2CCN(CC3CCC4(CC3)OCCO4)CC2)c2ccncc21. The van der Waals surface area contributed by atoms with E-state index >= 15 is 0 Å². The predicted octanol–water partition coefficient (Wildman–Crippen LogP) is 5.76. The molecule has 1 aromatic carbocycles. The van der Waals surface area contributed by atoms with E-state index in [0.717, 1.165) is 69.4 Å².